The second-order valence-electron chi connectivity index (χ2n) is 3.31. The van der Waals surface area contributed by atoms with Gasteiger partial charge in [-0.3, -0.25) is 4.98 Å². The van der Waals surface area contributed by atoms with Crippen LogP contribution in [0, 0.1) is 6.92 Å². The summed E-state index contributed by atoms with van der Waals surface area (Å²) in [5.74, 6) is -1.34. The Morgan fingerprint density at radius 1 is 1.22 bits per heavy atom. The summed E-state index contributed by atoms with van der Waals surface area (Å²) in [5.41, 5.74) is 3.04. The standard InChI is InChI=1S/C9H8F6N2O/c1-4-5(2-16)7(18-9(13,14)15)6(3-17-4)8(10,11)12/h3H,2,16H2,1H3. The first kappa shape index (κ1) is 14.6. The van der Waals surface area contributed by atoms with Crippen LogP contribution in [0.2, 0.25) is 0 Å². The minimum absolute atomic E-state index is 0.0512. The van der Waals surface area contributed by atoms with Gasteiger partial charge in [0.2, 0.25) is 0 Å². The first-order chi connectivity index (χ1) is 8.06. The monoisotopic (exact) mass is 274 g/mol. The number of hydrogen-bond acceptors (Lipinski definition) is 3. The van der Waals surface area contributed by atoms with Gasteiger partial charge in [0.1, 0.15) is 11.3 Å². The Labute approximate surface area is 97.6 Å². The lowest BCUT2D eigenvalue weighted by Gasteiger charge is -2.18. The number of nitrogens with two attached hydrogens (primary N) is 1. The van der Waals surface area contributed by atoms with Crippen LogP contribution in [0.1, 0.15) is 16.8 Å². The van der Waals surface area contributed by atoms with Gasteiger partial charge >= 0.3 is 12.5 Å². The molecule has 3 nitrogen and oxygen atoms in total. The summed E-state index contributed by atoms with van der Waals surface area (Å²) in [6, 6.07) is 0. The Morgan fingerprint density at radius 2 is 1.78 bits per heavy atom. The quantitative estimate of drug-likeness (QED) is 0.843. The van der Waals surface area contributed by atoms with Gasteiger partial charge in [0.05, 0.1) is 0 Å². The lowest BCUT2D eigenvalue weighted by Crippen LogP contribution is -2.23. The van der Waals surface area contributed by atoms with Crippen molar-refractivity contribution in [3.8, 4) is 5.75 Å². The first-order valence-electron chi connectivity index (χ1n) is 4.57. The fourth-order valence-corrected chi connectivity index (χ4v) is 1.30. The molecule has 0 fully saturated rings. The molecule has 0 aliphatic carbocycles. The topological polar surface area (TPSA) is 48.1 Å². The molecule has 0 saturated carbocycles. The largest absolute Gasteiger partial charge is 0.573 e. The van der Waals surface area contributed by atoms with Crippen molar-refractivity contribution < 1.29 is 31.1 Å². The highest BCUT2D eigenvalue weighted by Crippen LogP contribution is 2.40. The maximum absolute atomic E-state index is 12.5. The van der Waals surface area contributed by atoms with Crippen LogP contribution < -0.4 is 10.5 Å². The zero-order valence-electron chi connectivity index (χ0n) is 8.99. The SMILES string of the molecule is Cc1ncc(C(F)(F)F)c(OC(F)(F)F)c1CN. The van der Waals surface area contributed by atoms with Crippen LogP contribution in [0.25, 0.3) is 0 Å². The second-order valence-corrected chi connectivity index (χ2v) is 3.31. The highest BCUT2D eigenvalue weighted by atomic mass is 19.4. The van der Waals surface area contributed by atoms with E-state index in [9.17, 15) is 26.3 Å². The van der Waals surface area contributed by atoms with Crippen molar-refractivity contribution in [1.29, 1.82) is 0 Å². The molecule has 1 aromatic rings. The van der Waals surface area contributed by atoms with Crippen LogP contribution in [0.4, 0.5) is 26.3 Å². The normalized spacial score (nSPS) is 12.7. The lowest BCUT2D eigenvalue weighted by atomic mass is 10.1. The predicted octanol–water partition coefficient (Wildman–Crippen LogP) is 2.77. The van der Waals surface area contributed by atoms with Crippen molar-refractivity contribution in [2.45, 2.75) is 26.0 Å². The number of rotatable bonds is 2. The lowest BCUT2D eigenvalue weighted by molar-refractivity contribution is -0.276. The van der Waals surface area contributed by atoms with Gasteiger partial charge in [-0.05, 0) is 6.92 Å². The van der Waals surface area contributed by atoms with Gasteiger partial charge in [-0.15, -0.1) is 13.2 Å². The fourth-order valence-electron chi connectivity index (χ4n) is 1.30. The molecule has 0 radical (unpaired) electrons. The van der Waals surface area contributed by atoms with Crippen LogP contribution >= 0.6 is 0 Å². The number of pyridine rings is 1. The summed E-state index contributed by atoms with van der Waals surface area (Å²) < 4.78 is 77.4. The average Bonchev–Trinajstić information content (AvgIpc) is 2.13. The molecule has 0 aliphatic heterocycles. The average molecular weight is 274 g/mol. The van der Waals surface area contributed by atoms with Crippen molar-refractivity contribution in [2.75, 3.05) is 0 Å². The molecule has 0 amide bonds. The summed E-state index contributed by atoms with van der Waals surface area (Å²) in [6.07, 6.45) is -9.96. The molecule has 9 heteroatoms. The molecule has 0 saturated heterocycles. The van der Waals surface area contributed by atoms with Crippen molar-refractivity contribution in [3.05, 3.63) is 23.0 Å². The smallest absolute Gasteiger partial charge is 0.405 e. The Bertz CT molecular complexity index is 440. The zero-order chi connectivity index (χ0) is 14.1. The summed E-state index contributed by atoms with van der Waals surface area (Å²) in [5, 5.41) is 0. The van der Waals surface area contributed by atoms with E-state index in [1.165, 1.54) is 6.92 Å². The molecular weight excluding hydrogens is 266 g/mol. The molecule has 1 aromatic heterocycles. The van der Waals surface area contributed by atoms with E-state index in [4.69, 9.17) is 5.73 Å². The highest BCUT2D eigenvalue weighted by molar-refractivity contribution is 5.44. The number of hydrogen-bond donors (Lipinski definition) is 1. The molecule has 18 heavy (non-hydrogen) atoms. The number of alkyl halides is 6. The first-order valence-corrected chi connectivity index (χ1v) is 4.57. The zero-order valence-corrected chi connectivity index (χ0v) is 8.99. The molecule has 1 heterocycles. The van der Waals surface area contributed by atoms with Gasteiger partial charge in [-0.2, -0.15) is 13.2 Å². The Kier molecular flexibility index (Phi) is 3.75. The summed E-state index contributed by atoms with van der Waals surface area (Å²) >= 11 is 0. The number of nitrogens with zero attached hydrogens (tertiary/aromatic N) is 1. The van der Waals surface area contributed by atoms with Gasteiger partial charge in [0, 0.05) is 24.0 Å². The predicted molar refractivity (Wildman–Crippen MR) is 48.6 cm³/mol. The van der Waals surface area contributed by atoms with E-state index in [1.54, 1.807) is 0 Å². The van der Waals surface area contributed by atoms with Gasteiger partial charge in [0.25, 0.3) is 0 Å². The maximum atomic E-state index is 12.5. The Balaban J connectivity index is 3.45. The van der Waals surface area contributed by atoms with E-state index in [-0.39, 0.29) is 11.9 Å². The molecule has 1 rings (SSSR count). The van der Waals surface area contributed by atoms with Crippen LogP contribution in [-0.4, -0.2) is 11.3 Å². The maximum Gasteiger partial charge on any atom is 0.573 e. The van der Waals surface area contributed by atoms with E-state index in [0.717, 1.165) is 0 Å². The molecule has 102 valence electrons. The molecule has 0 spiro atoms. The van der Waals surface area contributed by atoms with Crippen LogP contribution in [-0.2, 0) is 12.7 Å². The van der Waals surface area contributed by atoms with Gasteiger partial charge in [-0.25, -0.2) is 0 Å². The van der Waals surface area contributed by atoms with E-state index in [0.29, 0.717) is 0 Å². The minimum Gasteiger partial charge on any atom is -0.405 e. The number of aryl methyl sites for hydroxylation is 1. The molecule has 0 bridgehead atoms. The highest BCUT2D eigenvalue weighted by Gasteiger charge is 2.41. The van der Waals surface area contributed by atoms with Gasteiger partial charge in [0.15, 0.2) is 0 Å². The third-order valence-electron chi connectivity index (χ3n) is 2.07. The van der Waals surface area contributed by atoms with Crippen molar-refractivity contribution in [1.82, 2.24) is 4.98 Å². The van der Waals surface area contributed by atoms with Crippen molar-refractivity contribution >= 4 is 0 Å². The third kappa shape index (κ3) is 3.25. The molecule has 0 atom stereocenters. The molecule has 0 unspecified atom stereocenters. The van der Waals surface area contributed by atoms with Crippen molar-refractivity contribution in [3.63, 3.8) is 0 Å². The summed E-state index contributed by atoms with van der Waals surface area (Å²) in [4.78, 5) is 3.36. The van der Waals surface area contributed by atoms with E-state index in [1.807, 2.05) is 0 Å². The van der Waals surface area contributed by atoms with Crippen LogP contribution in [0.15, 0.2) is 6.20 Å². The second kappa shape index (κ2) is 4.63. The Hall–Kier alpha value is -1.51. The van der Waals surface area contributed by atoms with Gasteiger partial charge < -0.3 is 10.5 Å². The van der Waals surface area contributed by atoms with E-state index < -0.39 is 36.0 Å². The van der Waals surface area contributed by atoms with Crippen LogP contribution in [0.5, 0.6) is 5.75 Å². The number of halogens is 6. The van der Waals surface area contributed by atoms with E-state index >= 15 is 0 Å². The number of aromatic nitrogens is 1. The third-order valence-corrected chi connectivity index (χ3v) is 2.07. The number of ether oxygens (including phenoxy) is 1. The van der Waals surface area contributed by atoms with E-state index in [2.05, 4.69) is 9.72 Å². The summed E-state index contributed by atoms with van der Waals surface area (Å²) in [7, 11) is 0. The molecule has 0 aromatic carbocycles. The van der Waals surface area contributed by atoms with Gasteiger partial charge in [-0.1, -0.05) is 0 Å². The minimum atomic E-state index is -5.24. The summed E-state index contributed by atoms with van der Waals surface area (Å²) in [6.45, 7) is 0.694. The van der Waals surface area contributed by atoms with Crippen LogP contribution in [0.3, 0.4) is 0 Å². The molecule has 0 aliphatic rings. The van der Waals surface area contributed by atoms with Crippen molar-refractivity contribution in [2.24, 2.45) is 5.73 Å². The fraction of sp³-hybridized carbons (Fsp3) is 0.444. The molecular formula is C9H8F6N2O. The Morgan fingerprint density at radius 3 is 2.17 bits per heavy atom. The molecule has 2 N–H and O–H groups in total.